The fourth-order valence-corrected chi connectivity index (χ4v) is 3.08. The summed E-state index contributed by atoms with van der Waals surface area (Å²) in [5.74, 6) is 1.18. The molecule has 10 nitrogen and oxygen atoms in total. The van der Waals surface area contributed by atoms with Gasteiger partial charge in [0.1, 0.15) is 0 Å². The van der Waals surface area contributed by atoms with Gasteiger partial charge in [0, 0.05) is 11.1 Å². The highest BCUT2D eigenvalue weighted by Gasteiger charge is 2.11. The van der Waals surface area contributed by atoms with Crippen molar-refractivity contribution in [3.8, 4) is 23.0 Å². The van der Waals surface area contributed by atoms with Gasteiger partial charge in [0.05, 0.1) is 40.9 Å². The predicted octanol–water partition coefficient (Wildman–Crippen LogP) is 3.25. The van der Waals surface area contributed by atoms with Gasteiger partial charge in [-0.25, -0.2) is 10.9 Å². The smallest absolute Gasteiger partial charge is 0.271 e. The molecule has 0 aliphatic heterocycles. The molecular weight excluding hydrogens is 464 g/mol. The predicted molar refractivity (Wildman–Crippen MR) is 136 cm³/mol. The zero-order valence-electron chi connectivity index (χ0n) is 20.3. The molecule has 0 aliphatic rings. The molecular formula is C26H26N4O6. The molecule has 2 N–H and O–H groups in total. The monoisotopic (exact) mass is 490 g/mol. The van der Waals surface area contributed by atoms with E-state index in [4.69, 9.17) is 18.9 Å². The first-order valence-corrected chi connectivity index (χ1v) is 10.7. The van der Waals surface area contributed by atoms with Crippen molar-refractivity contribution in [1.29, 1.82) is 0 Å². The lowest BCUT2D eigenvalue weighted by atomic mass is 10.1. The van der Waals surface area contributed by atoms with Crippen LogP contribution in [0.15, 0.2) is 70.9 Å². The van der Waals surface area contributed by atoms with Crippen LogP contribution in [-0.4, -0.2) is 52.7 Å². The van der Waals surface area contributed by atoms with E-state index >= 15 is 0 Å². The van der Waals surface area contributed by atoms with Crippen molar-refractivity contribution in [1.82, 2.24) is 10.9 Å². The van der Waals surface area contributed by atoms with E-state index in [2.05, 4.69) is 21.1 Å². The molecule has 10 heteroatoms. The molecule has 0 fully saturated rings. The Hall–Kier alpha value is -4.86. The number of hydrogen-bond acceptors (Lipinski definition) is 8. The Morgan fingerprint density at radius 2 is 0.944 bits per heavy atom. The maximum atomic E-state index is 12.3. The lowest BCUT2D eigenvalue weighted by Gasteiger charge is -2.08. The van der Waals surface area contributed by atoms with Crippen LogP contribution in [0.3, 0.4) is 0 Å². The molecule has 0 saturated heterocycles. The van der Waals surface area contributed by atoms with E-state index < -0.39 is 0 Å². The summed E-state index contributed by atoms with van der Waals surface area (Å²) < 4.78 is 20.7. The molecule has 0 saturated carbocycles. The molecule has 3 aromatic carbocycles. The number of nitrogens with zero attached hydrogens (tertiary/aromatic N) is 2. The van der Waals surface area contributed by atoms with Gasteiger partial charge in [-0.1, -0.05) is 24.3 Å². The minimum absolute atomic E-state index is 0.381. The van der Waals surface area contributed by atoms with Crippen molar-refractivity contribution < 1.29 is 28.5 Å². The quantitative estimate of drug-likeness (QED) is 0.333. The molecule has 0 aromatic heterocycles. The van der Waals surface area contributed by atoms with Gasteiger partial charge in [-0.05, 0) is 47.5 Å². The molecule has 0 radical (unpaired) electrons. The Kier molecular flexibility index (Phi) is 8.99. The number of methoxy groups -OCH3 is 4. The molecule has 36 heavy (non-hydrogen) atoms. The highest BCUT2D eigenvalue weighted by atomic mass is 16.5. The highest BCUT2D eigenvalue weighted by molar-refractivity contribution is 5.96. The molecule has 0 spiro atoms. The number of carbonyl (C=O) groups excluding carboxylic acids is 2. The molecule has 0 unspecified atom stereocenters. The third kappa shape index (κ3) is 6.60. The summed E-state index contributed by atoms with van der Waals surface area (Å²) in [6.45, 7) is 0. The normalized spacial score (nSPS) is 10.8. The lowest BCUT2D eigenvalue weighted by Crippen LogP contribution is -2.17. The number of benzene rings is 3. The van der Waals surface area contributed by atoms with Gasteiger partial charge < -0.3 is 18.9 Å². The zero-order valence-corrected chi connectivity index (χ0v) is 20.3. The topological polar surface area (TPSA) is 120 Å². The van der Waals surface area contributed by atoms with E-state index in [1.807, 2.05) is 0 Å². The third-order valence-electron chi connectivity index (χ3n) is 4.99. The molecule has 2 amide bonds. The SMILES string of the molecule is COc1ccc(C(=O)N/N=C/c2ccc(/C=N/NC(=O)c3ccc(OC)c(OC)c3)cc2)cc1OC. The van der Waals surface area contributed by atoms with E-state index in [1.54, 1.807) is 60.7 Å². The van der Waals surface area contributed by atoms with Crippen LogP contribution in [-0.2, 0) is 0 Å². The highest BCUT2D eigenvalue weighted by Crippen LogP contribution is 2.28. The second-order valence-corrected chi connectivity index (χ2v) is 7.20. The molecule has 0 aliphatic carbocycles. The molecule has 0 atom stereocenters. The number of rotatable bonds is 10. The van der Waals surface area contributed by atoms with Gasteiger partial charge in [-0.15, -0.1) is 0 Å². The first-order valence-electron chi connectivity index (χ1n) is 10.7. The van der Waals surface area contributed by atoms with Gasteiger partial charge in [0.2, 0.25) is 0 Å². The first-order chi connectivity index (χ1) is 17.5. The number of amides is 2. The lowest BCUT2D eigenvalue weighted by molar-refractivity contribution is 0.0946. The van der Waals surface area contributed by atoms with Gasteiger partial charge >= 0.3 is 0 Å². The maximum absolute atomic E-state index is 12.3. The van der Waals surface area contributed by atoms with Crippen LogP contribution in [0.1, 0.15) is 31.8 Å². The fourth-order valence-electron chi connectivity index (χ4n) is 3.08. The third-order valence-corrected chi connectivity index (χ3v) is 4.99. The summed E-state index contributed by atoms with van der Waals surface area (Å²) in [6, 6.07) is 16.8. The van der Waals surface area contributed by atoms with Crippen LogP contribution in [0.2, 0.25) is 0 Å². The Bertz CT molecular complexity index is 1170. The average Bonchev–Trinajstić information content (AvgIpc) is 2.92. The standard InChI is InChI=1S/C26H26N4O6/c1-33-21-11-9-19(13-23(21)35-3)25(31)29-27-15-17-5-7-18(8-6-17)16-28-30-26(32)20-10-12-22(34-2)24(14-20)36-4/h5-16H,1-4H3,(H,29,31)(H,30,32)/b27-15+,28-16+. The number of hydrogen-bond donors (Lipinski definition) is 2. The van der Waals surface area contributed by atoms with Crippen molar-refractivity contribution in [2.24, 2.45) is 10.2 Å². The Labute approximate surface area is 208 Å². The largest absolute Gasteiger partial charge is 0.493 e. The Morgan fingerprint density at radius 1 is 0.583 bits per heavy atom. The molecule has 0 heterocycles. The van der Waals surface area contributed by atoms with Crippen molar-refractivity contribution in [2.75, 3.05) is 28.4 Å². The van der Waals surface area contributed by atoms with E-state index in [0.717, 1.165) is 11.1 Å². The van der Waals surface area contributed by atoms with Crippen LogP contribution < -0.4 is 29.8 Å². The van der Waals surface area contributed by atoms with Crippen molar-refractivity contribution >= 4 is 24.2 Å². The van der Waals surface area contributed by atoms with Crippen LogP contribution in [0, 0.1) is 0 Å². The Balaban J connectivity index is 1.54. The molecule has 3 aromatic rings. The van der Waals surface area contributed by atoms with Gasteiger partial charge in [0.25, 0.3) is 11.8 Å². The summed E-state index contributed by atoms with van der Waals surface area (Å²) in [5.41, 5.74) is 7.22. The second-order valence-electron chi connectivity index (χ2n) is 7.20. The number of carbonyl (C=O) groups is 2. The zero-order chi connectivity index (χ0) is 25.9. The summed E-state index contributed by atoms with van der Waals surface area (Å²) in [5, 5.41) is 7.97. The Morgan fingerprint density at radius 3 is 1.28 bits per heavy atom. The number of nitrogens with one attached hydrogen (secondary N) is 2. The van der Waals surface area contributed by atoms with E-state index in [1.165, 1.54) is 40.9 Å². The minimum atomic E-state index is -0.388. The van der Waals surface area contributed by atoms with E-state index in [0.29, 0.717) is 34.1 Å². The molecule has 186 valence electrons. The van der Waals surface area contributed by atoms with Crippen molar-refractivity contribution in [3.05, 3.63) is 82.9 Å². The van der Waals surface area contributed by atoms with Gasteiger partial charge in [0.15, 0.2) is 23.0 Å². The van der Waals surface area contributed by atoms with Gasteiger partial charge in [-0.2, -0.15) is 10.2 Å². The number of hydrazone groups is 2. The molecule has 0 bridgehead atoms. The first kappa shape index (κ1) is 25.8. The van der Waals surface area contributed by atoms with Gasteiger partial charge in [-0.3, -0.25) is 9.59 Å². The summed E-state index contributed by atoms with van der Waals surface area (Å²) >= 11 is 0. The summed E-state index contributed by atoms with van der Waals surface area (Å²) in [4.78, 5) is 24.6. The van der Waals surface area contributed by atoms with Crippen LogP contribution in [0.4, 0.5) is 0 Å². The summed E-state index contributed by atoms with van der Waals surface area (Å²) in [6.07, 6.45) is 3.02. The van der Waals surface area contributed by atoms with E-state index in [9.17, 15) is 9.59 Å². The maximum Gasteiger partial charge on any atom is 0.271 e. The van der Waals surface area contributed by atoms with Crippen LogP contribution in [0.25, 0.3) is 0 Å². The summed E-state index contributed by atoms with van der Waals surface area (Å²) in [7, 11) is 6.04. The average molecular weight is 491 g/mol. The van der Waals surface area contributed by atoms with E-state index in [-0.39, 0.29) is 11.8 Å². The van der Waals surface area contributed by atoms with Crippen LogP contribution in [0.5, 0.6) is 23.0 Å². The van der Waals surface area contributed by atoms with Crippen molar-refractivity contribution in [3.63, 3.8) is 0 Å². The molecule has 3 rings (SSSR count). The second kappa shape index (κ2) is 12.6. The number of ether oxygens (including phenoxy) is 4. The van der Waals surface area contributed by atoms with Crippen LogP contribution >= 0.6 is 0 Å². The fraction of sp³-hybridized carbons (Fsp3) is 0.154. The minimum Gasteiger partial charge on any atom is -0.493 e. The van der Waals surface area contributed by atoms with Crippen molar-refractivity contribution in [2.45, 2.75) is 0 Å².